The van der Waals surface area contributed by atoms with Gasteiger partial charge in [-0.15, -0.1) is 0 Å². The highest BCUT2D eigenvalue weighted by molar-refractivity contribution is 7.90. The van der Waals surface area contributed by atoms with Gasteiger partial charge >= 0.3 is 0 Å². The van der Waals surface area contributed by atoms with E-state index in [1.165, 1.54) is 18.4 Å². The first kappa shape index (κ1) is 16.9. The zero-order valence-electron chi connectivity index (χ0n) is 13.6. The minimum atomic E-state index is -3.20. The Kier molecular flexibility index (Phi) is 4.60. The second kappa shape index (κ2) is 6.52. The smallest absolute Gasteiger partial charge is 0.230 e. The Bertz CT molecular complexity index is 793. The Hall–Kier alpha value is -1.93. The molecule has 1 heterocycles. The van der Waals surface area contributed by atoms with E-state index >= 15 is 0 Å². The lowest BCUT2D eigenvalue weighted by molar-refractivity contribution is 0.289. The van der Waals surface area contributed by atoms with Gasteiger partial charge in [-0.25, -0.2) is 8.42 Å². The van der Waals surface area contributed by atoms with Crippen molar-refractivity contribution in [3.05, 3.63) is 36.0 Å². The maximum absolute atomic E-state index is 11.4. The number of nitrogens with two attached hydrogens (primary N) is 1. The molecule has 1 aromatic heterocycles. The van der Waals surface area contributed by atoms with E-state index < -0.39 is 15.4 Å². The average Bonchev–Trinajstić information content (AvgIpc) is 3.17. The summed E-state index contributed by atoms with van der Waals surface area (Å²) in [7, 11) is -3.20. The van der Waals surface area contributed by atoms with E-state index in [1.807, 2.05) is 0 Å². The van der Waals surface area contributed by atoms with Crippen molar-refractivity contribution < 1.29 is 17.7 Å². The van der Waals surface area contributed by atoms with E-state index in [1.54, 1.807) is 12.1 Å². The van der Waals surface area contributed by atoms with Gasteiger partial charge < -0.3 is 15.0 Å². The summed E-state index contributed by atoms with van der Waals surface area (Å²) in [4.78, 5) is 4.64. The molecule has 1 aromatic carbocycles. The molecular weight excluding hydrogens is 330 g/mol. The van der Waals surface area contributed by atoms with Gasteiger partial charge in [-0.05, 0) is 37.1 Å². The maximum atomic E-state index is 11.4. The van der Waals surface area contributed by atoms with Crippen LogP contribution < -0.4 is 10.5 Å². The molecule has 1 aliphatic rings. The van der Waals surface area contributed by atoms with Crippen LogP contribution in [-0.2, 0) is 21.8 Å². The Balaban J connectivity index is 1.54. The predicted octanol–water partition coefficient (Wildman–Crippen LogP) is 1.82. The standard InChI is InChI=1S/C16H21N3O4S/c1-24(20,21)13-6-4-12(5-7-13)22-11-8-14-18-15(19-23-14)16(17)9-2-3-10-16/h4-7H,2-3,8-11,17H2,1H3. The minimum absolute atomic E-state index is 0.265. The zero-order valence-corrected chi connectivity index (χ0v) is 14.4. The highest BCUT2D eigenvalue weighted by Crippen LogP contribution is 2.34. The number of hydrogen-bond acceptors (Lipinski definition) is 7. The van der Waals surface area contributed by atoms with Gasteiger partial charge in [-0.2, -0.15) is 4.98 Å². The second-order valence-corrected chi connectivity index (χ2v) is 8.23. The molecule has 0 spiro atoms. The molecule has 1 aliphatic carbocycles. The van der Waals surface area contributed by atoms with Crippen LogP contribution in [0.25, 0.3) is 0 Å². The molecule has 130 valence electrons. The van der Waals surface area contributed by atoms with Crippen molar-refractivity contribution in [3.63, 3.8) is 0 Å². The number of benzene rings is 1. The number of ether oxygens (including phenoxy) is 1. The highest BCUT2D eigenvalue weighted by atomic mass is 32.2. The monoisotopic (exact) mass is 351 g/mol. The summed E-state index contributed by atoms with van der Waals surface area (Å²) in [5.74, 6) is 1.66. The fraction of sp³-hybridized carbons (Fsp3) is 0.500. The van der Waals surface area contributed by atoms with E-state index in [9.17, 15) is 8.42 Å². The Morgan fingerprint density at radius 2 is 1.92 bits per heavy atom. The normalized spacial score (nSPS) is 17.1. The van der Waals surface area contributed by atoms with Crippen LogP contribution in [-0.4, -0.2) is 31.4 Å². The van der Waals surface area contributed by atoms with Crippen LogP contribution in [0.15, 0.2) is 33.7 Å². The minimum Gasteiger partial charge on any atom is -0.493 e. The summed E-state index contributed by atoms with van der Waals surface area (Å²) in [5.41, 5.74) is 5.84. The van der Waals surface area contributed by atoms with Crippen LogP contribution >= 0.6 is 0 Å². The van der Waals surface area contributed by atoms with E-state index in [0.717, 1.165) is 25.7 Å². The van der Waals surface area contributed by atoms with Crippen molar-refractivity contribution >= 4 is 9.84 Å². The molecule has 0 unspecified atom stereocenters. The summed E-state index contributed by atoms with van der Waals surface area (Å²) < 4.78 is 33.6. The average molecular weight is 351 g/mol. The van der Waals surface area contributed by atoms with Crippen LogP contribution in [0.3, 0.4) is 0 Å². The SMILES string of the molecule is CS(=O)(=O)c1ccc(OCCc2nc(C3(N)CCCC3)no2)cc1. The molecule has 7 nitrogen and oxygen atoms in total. The Labute approximate surface area is 141 Å². The maximum Gasteiger partial charge on any atom is 0.230 e. The van der Waals surface area contributed by atoms with Crippen molar-refractivity contribution in [1.29, 1.82) is 0 Å². The molecule has 0 aliphatic heterocycles. The molecule has 2 aromatic rings. The fourth-order valence-electron chi connectivity index (χ4n) is 2.83. The first-order chi connectivity index (χ1) is 11.4. The summed E-state index contributed by atoms with van der Waals surface area (Å²) in [6.45, 7) is 0.359. The van der Waals surface area contributed by atoms with Crippen LogP contribution in [0.5, 0.6) is 5.75 Å². The molecular formula is C16H21N3O4S. The number of hydrogen-bond donors (Lipinski definition) is 1. The Morgan fingerprint density at radius 1 is 1.25 bits per heavy atom. The van der Waals surface area contributed by atoms with Crippen molar-refractivity contribution in [2.24, 2.45) is 5.73 Å². The molecule has 1 fully saturated rings. The van der Waals surface area contributed by atoms with Crippen molar-refractivity contribution in [2.45, 2.75) is 42.5 Å². The molecule has 0 amide bonds. The molecule has 1 saturated carbocycles. The molecule has 3 rings (SSSR count). The van der Waals surface area contributed by atoms with Gasteiger partial charge in [0.1, 0.15) is 5.75 Å². The number of sulfone groups is 1. The van der Waals surface area contributed by atoms with Gasteiger partial charge in [0.15, 0.2) is 15.7 Å². The summed E-state index contributed by atoms with van der Waals surface area (Å²) in [5, 5.41) is 4.00. The third-order valence-electron chi connectivity index (χ3n) is 4.25. The second-order valence-electron chi connectivity index (χ2n) is 6.22. The predicted molar refractivity (Wildman–Crippen MR) is 87.4 cm³/mol. The van der Waals surface area contributed by atoms with Crippen molar-refractivity contribution in [3.8, 4) is 5.75 Å². The van der Waals surface area contributed by atoms with Gasteiger partial charge in [0.05, 0.1) is 23.5 Å². The number of rotatable bonds is 6. The molecule has 2 N–H and O–H groups in total. The molecule has 24 heavy (non-hydrogen) atoms. The van der Waals surface area contributed by atoms with Crippen LogP contribution in [0.4, 0.5) is 0 Å². The summed E-state index contributed by atoms with van der Waals surface area (Å²) >= 11 is 0. The quantitative estimate of drug-likeness (QED) is 0.845. The molecule has 0 bridgehead atoms. The number of nitrogens with zero attached hydrogens (tertiary/aromatic N) is 2. The topological polar surface area (TPSA) is 108 Å². The first-order valence-corrected chi connectivity index (χ1v) is 9.81. The van der Waals surface area contributed by atoms with Crippen LogP contribution in [0.1, 0.15) is 37.4 Å². The molecule has 0 atom stereocenters. The van der Waals surface area contributed by atoms with Crippen molar-refractivity contribution in [2.75, 3.05) is 12.9 Å². The van der Waals surface area contributed by atoms with Gasteiger partial charge in [-0.3, -0.25) is 0 Å². The summed E-state index contributed by atoms with van der Waals surface area (Å²) in [6.07, 6.45) is 5.59. The van der Waals surface area contributed by atoms with E-state index in [2.05, 4.69) is 10.1 Å². The zero-order chi connectivity index (χ0) is 17.2. The highest BCUT2D eigenvalue weighted by Gasteiger charge is 2.35. The molecule has 0 saturated heterocycles. The van der Waals surface area contributed by atoms with Crippen LogP contribution in [0.2, 0.25) is 0 Å². The van der Waals surface area contributed by atoms with E-state index in [-0.39, 0.29) is 4.90 Å². The van der Waals surface area contributed by atoms with Gasteiger partial charge in [0.2, 0.25) is 5.89 Å². The molecule has 0 radical (unpaired) electrons. The summed E-state index contributed by atoms with van der Waals surface area (Å²) in [6, 6.07) is 6.30. The van der Waals surface area contributed by atoms with Gasteiger partial charge in [-0.1, -0.05) is 18.0 Å². The lowest BCUT2D eigenvalue weighted by atomic mass is 9.99. The Morgan fingerprint density at radius 3 is 2.54 bits per heavy atom. The largest absolute Gasteiger partial charge is 0.493 e. The first-order valence-electron chi connectivity index (χ1n) is 7.92. The van der Waals surface area contributed by atoms with E-state index in [0.29, 0.717) is 30.5 Å². The molecule has 8 heteroatoms. The lowest BCUT2D eigenvalue weighted by Gasteiger charge is -2.17. The van der Waals surface area contributed by atoms with E-state index in [4.69, 9.17) is 15.0 Å². The van der Waals surface area contributed by atoms with Crippen LogP contribution in [0, 0.1) is 0 Å². The number of aromatic nitrogens is 2. The van der Waals surface area contributed by atoms with Gasteiger partial charge in [0, 0.05) is 6.26 Å². The fourth-order valence-corrected chi connectivity index (χ4v) is 3.46. The third-order valence-corrected chi connectivity index (χ3v) is 5.37. The lowest BCUT2D eigenvalue weighted by Crippen LogP contribution is -2.34. The van der Waals surface area contributed by atoms with Gasteiger partial charge in [0.25, 0.3) is 0 Å². The van der Waals surface area contributed by atoms with Crippen molar-refractivity contribution in [1.82, 2.24) is 10.1 Å². The third kappa shape index (κ3) is 3.76.